The van der Waals surface area contributed by atoms with E-state index in [-0.39, 0.29) is 25.0 Å². The molecule has 33 heavy (non-hydrogen) atoms. The molecule has 0 spiro atoms. The minimum atomic E-state index is -1.08. The van der Waals surface area contributed by atoms with Crippen molar-refractivity contribution < 1.29 is 29.0 Å². The van der Waals surface area contributed by atoms with E-state index < -0.39 is 29.6 Å². The maximum absolute atomic E-state index is 12.8. The largest absolute Gasteiger partial charge is 0.479 e. The molecule has 0 bridgehead atoms. The van der Waals surface area contributed by atoms with Crippen LogP contribution in [0.2, 0.25) is 0 Å². The van der Waals surface area contributed by atoms with Crippen LogP contribution in [-0.2, 0) is 19.1 Å². The van der Waals surface area contributed by atoms with E-state index in [4.69, 9.17) is 9.47 Å². The van der Waals surface area contributed by atoms with Gasteiger partial charge in [-0.3, -0.25) is 4.79 Å². The first-order chi connectivity index (χ1) is 16.0. The Labute approximate surface area is 191 Å². The van der Waals surface area contributed by atoms with Gasteiger partial charge in [0.2, 0.25) is 5.91 Å². The summed E-state index contributed by atoms with van der Waals surface area (Å²) in [5.74, 6) is -1.36. The minimum absolute atomic E-state index is 0.0309. The Bertz CT molecular complexity index is 1050. The lowest BCUT2D eigenvalue weighted by Crippen LogP contribution is -2.49. The molecule has 2 atom stereocenters. The Morgan fingerprint density at radius 3 is 2.27 bits per heavy atom. The average Bonchev–Trinajstić information content (AvgIpc) is 3.36. The molecule has 2 fully saturated rings. The van der Waals surface area contributed by atoms with Crippen molar-refractivity contribution in [3.8, 4) is 11.1 Å². The van der Waals surface area contributed by atoms with E-state index >= 15 is 0 Å². The van der Waals surface area contributed by atoms with Gasteiger partial charge in [0.25, 0.3) is 0 Å². The molecule has 1 saturated carbocycles. The van der Waals surface area contributed by atoms with Crippen LogP contribution in [0.15, 0.2) is 48.5 Å². The van der Waals surface area contributed by atoms with E-state index in [9.17, 15) is 19.5 Å². The third-order valence-electron chi connectivity index (χ3n) is 6.90. The number of alkyl carbamates (subject to hydrolysis) is 1. The van der Waals surface area contributed by atoms with Crippen molar-refractivity contribution in [1.82, 2.24) is 10.6 Å². The van der Waals surface area contributed by atoms with Gasteiger partial charge in [0.05, 0.1) is 11.5 Å². The van der Waals surface area contributed by atoms with Gasteiger partial charge in [-0.05, 0) is 41.5 Å². The van der Waals surface area contributed by atoms with Crippen LogP contribution in [0.3, 0.4) is 0 Å². The van der Waals surface area contributed by atoms with Gasteiger partial charge in [0, 0.05) is 19.1 Å². The fourth-order valence-electron chi connectivity index (χ4n) is 4.83. The van der Waals surface area contributed by atoms with Crippen molar-refractivity contribution in [3.63, 3.8) is 0 Å². The normalized spacial score (nSPS) is 22.2. The average molecular weight is 450 g/mol. The highest BCUT2D eigenvalue weighted by Crippen LogP contribution is 2.46. The fraction of sp³-hybridized carbons (Fsp3) is 0.400. The van der Waals surface area contributed by atoms with Crippen LogP contribution in [-0.4, -0.2) is 55.0 Å². The molecule has 1 saturated heterocycles. The number of fused-ring (bicyclic) bond motifs is 3. The third kappa shape index (κ3) is 4.06. The Hall–Kier alpha value is -3.39. The lowest BCUT2D eigenvalue weighted by atomic mass is 9.98. The van der Waals surface area contributed by atoms with Crippen molar-refractivity contribution in [2.24, 2.45) is 5.41 Å². The number of aliphatic carboxylic acids is 1. The molecule has 3 N–H and O–H groups in total. The number of rotatable bonds is 7. The van der Waals surface area contributed by atoms with Crippen LogP contribution in [0.4, 0.5) is 4.79 Å². The molecule has 2 aromatic carbocycles. The van der Waals surface area contributed by atoms with Crippen LogP contribution in [0, 0.1) is 5.41 Å². The SMILES string of the molecule is O=C(NCC1(C(=O)N[C@@H]2CCO[C@@H]2C(=O)O)CC1)OCC1c2ccccc2-c2ccccc21. The molecule has 2 aliphatic carbocycles. The second-order valence-corrected chi connectivity index (χ2v) is 8.96. The smallest absolute Gasteiger partial charge is 0.407 e. The summed E-state index contributed by atoms with van der Waals surface area (Å²) in [6.07, 6.45) is 0.128. The lowest BCUT2D eigenvalue weighted by molar-refractivity contribution is -0.148. The maximum atomic E-state index is 12.8. The van der Waals surface area contributed by atoms with Gasteiger partial charge in [-0.15, -0.1) is 0 Å². The molecule has 0 unspecified atom stereocenters. The Morgan fingerprint density at radius 1 is 1.03 bits per heavy atom. The summed E-state index contributed by atoms with van der Waals surface area (Å²) in [4.78, 5) is 36.5. The highest BCUT2D eigenvalue weighted by Gasteiger charge is 2.51. The summed E-state index contributed by atoms with van der Waals surface area (Å²) >= 11 is 0. The van der Waals surface area contributed by atoms with Crippen LogP contribution in [0.1, 0.15) is 36.3 Å². The zero-order chi connectivity index (χ0) is 23.0. The number of carboxylic acid groups (broad SMARTS) is 1. The molecule has 2 amide bonds. The van der Waals surface area contributed by atoms with Gasteiger partial charge in [-0.2, -0.15) is 0 Å². The molecule has 5 rings (SSSR count). The van der Waals surface area contributed by atoms with Gasteiger partial charge in [0.15, 0.2) is 6.10 Å². The quantitative estimate of drug-likeness (QED) is 0.598. The molecule has 0 aromatic heterocycles. The zero-order valence-corrected chi connectivity index (χ0v) is 18.1. The molecule has 0 radical (unpaired) electrons. The summed E-state index contributed by atoms with van der Waals surface area (Å²) in [5.41, 5.74) is 3.88. The number of ether oxygens (including phenoxy) is 2. The summed E-state index contributed by atoms with van der Waals surface area (Å²) in [6.45, 7) is 0.659. The molecule has 1 aliphatic heterocycles. The fourth-order valence-corrected chi connectivity index (χ4v) is 4.83. The first-order valence-corrected chi connectivity index (χ1v) is 11.2. The third-order valence-corrected chi connectivity index (χ3v) is 6.90. The predicted molar refractivity (Wildman–Crippen MR) is 119 cm³/mol. The van der Waals surface area contributed by atoms with Crippen LogP contribution in [0.5, 0.6) is 0 Å². The molecule has 1 heterocycles. The molecule has 2 aromatic rings. The minimum Gasteiger partial charge on any atom is -0.479 e. The van der Waals surface area contributed by atoms with Gasteiger partial charge in [-0.25, -0.2) is 9.59 Å². The van der Waals surface area contributed by atoms with Crippen LogP contribution < -0.4 is 10.6 Å². The number of benzene rings is 2. The van der Waals surface area contributed by atoms with E-state index in [1.807, 2.05) is 24.3 Å². The number of carbonyl (C=O) groups is 3. The van der Waals surface area contributed by atoms with Crippen molar-refractivity contribution in [3.05, 3.63) is 59.7 Å². The molecule has 8 nitrogen and oxygen atoms in total. The first kappa shape index (κ1) is 21.5. The van der Waals surface area contributed by atoms with Crippen molar-refractivity contribution in [2.75, 3.05) is 19.8 Å². The van der Waals surface area contributed by atoms with Crippen molar-refractivity contribution in [2.45, 2.75) is 37.3 Å². The zero-order valence-electron chi connectivity index (χ0n) is 18.1. The Balaban J connectivity index is 1.16. The number of nitrogens with one attached hydrogen (secondary N) is 2. The highest BCUT2D eigenvalue weighted by atomic mass is 16.5. The second kappa shape index (κ2) is 8.51. The van der Waals surface area contributed by atoms with Gasteiger partial charge >= 0.3 is 12.1 Å². The maximum Gasteiger partial charge on any atom is 0.407 e. The number of amides is 2. The topological polar surface area (TPSA) is 114 Å². The van der Waals surface area contributed by atoms with E-state index in [0.29, 0.717) is 25.9 Å². The van der Waals surface area contributed by atoms with E-state index in [1.54, 1.807) is 0 Å². The summed E-state index contributed by atoms with van der Waals surface area (Å²) in [6, 6.07) is 15.7. The molecular weight excluding hydrogens is 424 g/mol. The van der Waals surface area contributed by atoms with Gasteiger partial charge < -0.3 is 25.2 Å². The second-order valence-electron chi connectivity index (χ2n) is 8.96. The number of hydrogen-bond donors (Lipinski definition) is 3. The summed E-state index contributed by atoms with van der Waals surface area (Å²) in [5, 5.41) is 14.7. The van der Waals surface area contributed by atoms with Gasteiger partial charge in [-0.1, -0.05) is 48.5 Å². The molecular formula is C25H26N2O6. The van der Waals surface area contributed by atoms with Gasteiger partial charge in [0.1, 0.15) is 6.61 Å². The van der Waals surface area contributed by atoms with Crippen molar-refractivity contribution >= 4 is 18.0 Å². The molecule has 8 heteroatoms. The van der Waals surface area contributed by atoms with Crippen LogP contribution in [0.25, 0.3) is 11.1 Å². The predicted octanol–water partition coefficient (Wildman–Crippen LogP) is 2.66. The Morgan fingerprint density at radius 2 is 1.67 bits per heavy atom. The summed E-state index contributed by atoms with van der Waals surface area (Å²) < 4.78 is 10.7. The first-order valence-electron chi connectivity index (χ1n) is 11.2. The van der Waals surface area contributed by atoms with Crippen LogP contribution >= 0.6 is 0 Å². The number of carbonyl (C=O) groups excluding carboxylic acids is 2. The highest BCUT2D eigenvalue weighted by molar-refractivity contribution is 5.87. The Kier molecular flexibility index (Phi) is 5.54. The lowest BCUT2D eigenvalue weighted by Gasteiger charge is -2.21. The van der Waals surface area contributed by atoms with E-state index in [2.05, 4.69) is 34.9 Å². The standard InChI is InChI=1S/C25H26N2O6/c28-22(29)21-20(9-12-32-21)27-23(30)25(10-11-25)14-26-24(31)33-13-19-17-7-3-1-5-15(17)16-6-2-4-8-18(16)19/h1-8,19-21H,9-14H2,(H,26,31)(H,27,30)(H,28,29)/t20-,21+/m1/s1. The monoisotopic (exact) mass is 450 g/mol. The molecule has 172 valence electrons. The number of carboxylic acids is 1. The van der Waals surface area contributed by atoms with E-state index in [0.717, 1.165) is 22.3 Å². The van der Waals surface area contributed by atoms with Crippen molar-refractivity contribution in [1.29, 1.82) is 0 Å². The number of hydrogen-bond acceptors (Lipinski definition) is 5. The van der Waals surface area contributed by atoms with E-state index in [1.165, 1.54) is 0 Å². The summed E-state index contributed by atoms with van der Waals surface area (Å²) in [7, 11) is 0. The molecule has 3 aliphatic rings.